The van der Waals surface area contributed by atoms with Gasteiger partial charge in [0.2, 0.25) is 5.95 Å². The monoisotopic (exact) mass is 489 g/mol. The maximum absolute atomic E-state index is 6.74. The van der Waals surface area contributed by atoms with E-state index in [9.17, 15) is 0 Å². The van der Waals surface area contributed by atoms with Crippen LogP contribution in [0.15, 0.2) is 78.6 Å². The van der Waals surface area contributed by atoms with Crippen molar-refractivity contribution in [1.82, 2.24) is 14.8 Å². The number of benzene rings is 3. The average molecular weight is 490 g/mol. The summed E-state index contributed by atoms with van der Waals surface area (Å²) in [4.78, 5) is 6.54. The third kappa shape index (κ3) is 3.33. The highest BCUT2D eigenvalue weighted by molar-refractivity contribution is 6.35. The average Bonchev–Trinajstić information content (AvgIpc) is 3.31. The minimum atomic E-state index is -0.359. The van der Waals surface area contributed by atoms with E-state index in [-0.39, 0.29) is 12.1 Å². The molecule has 0 spiro atoms. The van der Waals surface area contributed by atoms with Gasteiger partial charge in [0.05, 0.1) is 5.70 Å². The highest BCUT2D eigenvalue weighted by Gasteiger charge is 2.41. The smallest absolute Gasteiger partial charge is 0.226 e. The van der Waals surface area contributed by atoms with Crippen molar-refractivity contribution >= 4 is 40.5 Å². The minimum Gasteiger partial charge on any atom is -0.480 e. The Morgan fingerprint density at radius 2 is 1.79 bits per heavy atom. The number of anilines is 2. The third-order valence-corrected chi connectivity index (χ3v) is 6.85. The highest BCUT2D eigenvalue weighted by atomic mass is 35.5. The Balaban J connectivity index is 1.60. The minimum absolute atomic E-state index is 0.328. The van der Waals surface area contributed by atoms with E-state index in [4.69, 9.17) is 27.9 Å². The van der Waals surface area contributed by atoms with Crippen molar-refractivity contribution in [3.63, 3.8) is 0 Å². The fourth-order valence-corrected chi connectivity index (χ4v) is 5.17. The summed E-state index contributed by atoms with van der Waals surface area (Å²) in [6, 6.07) is 21.7. The van der Waals surface area contributed by atoms with Crippen LogP contribution in [0.3, 0.4) is 0 Å². The van der Waals surface area contributed by atoms with Crippen LogP contribution < -0.4 is 15.0 Å². The molecule has 0 saturated carbocycles. The van der Waals surface area contributed by atoms with Gasteiger partial charge in [-0.05, 0) is 47.5 Å². The fourth-order valence-electron chi connectivity index (χ4n) is 4.66. The first-order valence-electron chi connectivity index (χ1n) is 10.9. The molecule has 2 atom stereocenters. The number of hydrogen-bond donors (Lipinski definition) is 1. The number of para-hydroxylation sites is 1. The molecule has 0 bridgehead atoms. The topological polar surface area (TPSA) is 55.2 Å². The molecule has 3 heterocycles. The van der Waals surface area contributed by atoms with Gasteiger partial charge in [0.1, 0.15) is 24.2 Å². The summed E-state index contributed by atoms with van der Waals surface area (Å²) in [5.41, 5.74) is 5.98. The molecule has 0 saturated heterocycles. The molecular weight excluding hydrogens is 469 g/mol. The van der Waals surface area contributed by atoms with Crippen molar-refractivity contribution in [2.24, 2.45) is 0 Å². The van der Waals surface area contributed by atoms with Crippen LogP contribution in [-0.2, 0) is 0 Å². The van der Waals surface area contributed by atoms with E-state index >= 15 is 0 Å². The lowest BCUT2D eigenvalue weighted by Crippen LogP contribution is -2.32. The predicted molar refractivity (Wildman–Crippen MR) is 136 cm³/mol. The van der Waals surface area contributed by atoms with Gasteiger partial charge in [-0.25, -0.2) is 4.68 Å². The molecule has 8 heteroatoms. The molecule has 6 rings (SSSR count). The normalized spacial score (nSPS) is 18.4. The van der Waals surface area contributed by atoms with E-state index in [0.717, 1.165) is 39.4 Å². The molecule has 2 aliphatic heterocycles. The summed E-state index contributed by atoms with van der Waals surface area (Å²) in [6.45, 7) is 0. The highest BCUT2D eigenvalue weighted by Crippen LogP contribution is 2.51. The molecule has 34 heavy (non-hydrogen) atoms. The summed E-state index contributed by atoms with van der Waals surface area (Å²) in [5.74, 6) is 1.46. The molecular formula is C26H21Cl2N5O. The van der Waals surface area contributed by atoms with Crippen LogP contribution in [0.25, 0.3) is 5.70 Å². The van der Waals surface area contributed by atoms with Crippen molar-refractivity contribution in [3.8, 4) is 5.75 Å². The van der Waals surface area contributed by atoms with Crippen LogP contribution >= 0.6 is 23.2 Å². The summed E-state index contributed by atoms with van der Waals surface area (Å²) in [7, 11) is 4.05. The number of hydrogen-bond acceptors (Lipinski definition) is 5. The molecule has 6 nitrogen and oxygen atoms in total. The van der Waals surface area contributed by atoms with Gasteiger partial charge in [-0.2, -0.15) is 10.1 Å². The van der Waals surface area contributed by atoms with Gasteiger partial charge in [-0.3, -0.25) is 0 Å². The Morgan fingerprint density at radius 1 is 1.00 bits per heavy atom. The number of rotatable bonds is 3. The summed E-state index contributed by atoms with van der Waals surface area (Å²) in [6.07, 6.45) is 1.19. The van der Waals surface area contributed by atoms with Gasteiger partial charge in [-0.15, -0.1) is 0 Å². The van der Waals surface area contributed by atoms with E-state index in [1.54, 1.807) is 12.4 Å². The maximum atomic E-state index is 6.74. The van der Waals surface area contributed by atoms with Crippen molar-refractivity contribution in [1.29, 1.82) is 0 Å². The molecule has 0 aliphatic carbocycles. The van der Waals surface area contributed by atoms with Crippen molar-refractivity contribution < 1.29 is 4.74 Å². The molecule has 1 N–H and O–H groups in total. The van der Waals surface area contributed by atoms with E-state index in [1.165, 1.54) is 0 Å². The molecule has 3 aromatic carbocycles. The fraction of sp³-hybridized carbons (Fsp3) is 0.154. The van der Waals surface area contributed by atoms with Crippen LogP contribution in [0.2, 0.25) is 10.0 Å². The van der Waals surface area contributed by atoms with Gasteiger partial charge < -0.3 is 15.0 Å². The number of fused-ring (bicyclic) bond motifs is 3. The molecule has 170 valence electrons. The lowest BCUT2D eigenvalue weighted by Gasteiger charge is -2.39. The van der Waals surface area contributed by atoms with Gasteiger partial charge in [0.25, 0.3) is 0 Å². The van der Waals surface area contributed by atoms with Gasteiger partial charge in [0.15, 0.2) is 0 Å². The van der Waals surface area contributed by atoms with Crippen molar-refractivity contribution in [2.45, 2.75) is 12.1 Å². The quantitative estimate of drug-likeness (QED) is 0.370. The second kappa shape index (κ2) is 8.08. The maximum Gasteiger partial charge on any atom is 0.226 e. The first kappa shape index (κ1) is 21.1. The third-order valence-electron chi connectivity index (χ3n) is 6.29. The van der Waals surface area contributed by atoms with Crippen LogP contribution in [0.4, 0.5) is 11.6 Å². The van der Waals surface area contributed by atoms with Crippen molar-refractivity contribution in [3.05, 3.63) is 105 Å². The number of halogens is 2. The summed E-state index contributed by atoms with van der Waals surface area (Å²) in [5, 5.41) is 9.20. The van der Waals surface area contributed by atoms with Crippen LogP contribution in [0.1, 0.15) is 28.8 Å². The SMILES string of the molecule is CN(C)c1ccc([C@H]2Oc3ccccc3C3=C2[C@H](c2ccc(Cl)cc2Cl)n2ncnc2N3)cc1. The van der Waals surface area contributed by atoms with E-state index < -0.39 is 0 Å². The standard InChI is InChI=1S/C26H21Cl2N5O/c1-32(2)17-10-7-15(8-11-17)25-22-23(19-5-3-4-6-21(19)34-25)31-26-29-14-30-33(26)24(22)18-12-9-16(27)13-20(18)28/h3-14,24-25H,1-2H3,(H,29,30,31)/t24-,25+/m0/s1. The lowest BCUT2D eigenvalue weighted by atomic mass is 9.84. The van der Waals surface area contributed by atoms with Gasteiger partial charge in [0, 0.05) is 41.0 Å². The zero-order valence-electron chi connectivity index (χ0n) is 18.5. The molecule has 4 aromatic rings. The molecule has 0 amide bonds. The van der Waals surface area contributed by atoms with Gasteiger partial charge in [-0.1, -0.05) is 53.5 Å². The Hall–Kier alpha value is -3.48. The zero-order valence-corrected chi connectivity index (χ0v) is 20.0. The Bertz CT molecular complexity index is 1430. The largest absolute Gasteiger partial charge is 0.480 e. The van der Waals surface area contributed by atoms with E-state index in [2.05, 4.69) is 50.6 Å². The first-order chi connectivity index (χ1) is 16.5. The Labute approximate surface area is 207 Å². The number of ether oxygens (including phenoxy) is 1. The first-order valence-corrected chi connectivity index (χ1v) is 11.7. The predicted octanol–water partition coefficient (Wildman–Crippen LogP) is 6.21. The Kier molecular flexibility index (Phi) is 5.01. The van der Waals surface area contributed by atoms with Crippen molar-refractivity contribution in [2.75, 3.05) is 24.3 Å². The summed E-state index contributed by atoms with van der Waals surface area (Å²) >= 11 is 13.0. The lowest BCUT2D eigenvalue weighted by molar-refractivity contribution is 0.223. The molecule has 1 aromatic heterocycles. The number of nitrogens with zero attached hydrogens (tertiary/aromatic N) is 4. The van der Waals surface area contributed by atoms with Crippen LogP contribution in [0.5, 0.6) is 5.75 Å². The number of aromatic nitrogens is 3. The van der Waals surface area contributed by atoms with E-state index in [1.807, 2.05) is 49.1 Å². The van der Waals surface area contributed by atoms with Crippen LogP contribution in [0, 0.1) is 0 Å². The molecule has 0 fully saturated rings. The zero-order chi connectivity index (χ0) is 23.4. The molecule has 0 unspecified atom stereocenters. The molecule has 0 radical (unpaired) electrons. The Morgan fingerprint density at radius 3 is 2.56 bits per heavy atom. The molecule has 2 aliphatic rings. The van der Waals surface area contributed by atoms with E-state index in [0.29, 0.717) is 16.0 Å². The second-order valence-corrected chi connectivity index (χ2v) is 9.38. The summed E-state index contributed by atoms with van der Waals surface area (Å²) < 4.78 is 8.51. The van der Waals surface area contributed by atoms with Crippen LogP contribution in [-0.4, -0.2) is 28.9 Å². The van der Waals surface area contributed by atoms with Gasteiger partial charge >= 0.3 is 0 Å². The second-order valence-electron chi connectivity index (χ2n) is 8.53. The number of nitrogens with one attached hydrogen (secondary N) is 1.